The number of alkyl halides is 1. The average Bonchev–Trinajstić information content (AvgIpc) is 2.46. The van der Waals surface area contributed by atoms with Crippen LogP contribution in [0, 0.1) is 0 Å². The van der Waals surface area contributed by atoms with Crippen LogP contribution in [0.1, 0.15) is 25.7 Å². The van der Waals surface area contributed by atoms with Gasteiger partial charge in [-0.05, 0) is 32.2 Å². The topological polar surface area (TPSA) is 38.0 Å². The molecule has 0 heterocycles. The van der Waals surface area contributed by atoms with E-state index in [1.165, 1.54) is 12.8 Å². The van der Waals surface area contributed by atoms with Crippen LogP contribution in [0.3, 0.4) is 0 Å². The van der Waals surface area contributed by atoms with Crippen molar-refractivity contribution in [1.82, 2.24) is 5.32 Å². The molecule has 3 heteroatoms. The average molecular weight is 331 g/mol. The lowest BCUT2D eigenvalue weighted by Gasteiger charge is -1.96. The fraction of sp³-hybridized carbons (Fsp3) is 0.500. The van der Waals surface area contributed by atoms with E-state index < -0.39 is 0 Å². The Kier molecular flexibility index (Phi) is 37.5. The highest BCUT2D eigenvalue weighted by Gasteiger charge is 1.80. The molecule has 0 aromatic rings. The van der Waals surface area contributed by atoms with Crippen molar-refractivity contribution < 1.29 is 0 Å². The molecule has 0 spiro atoms. The highest BCUT2D eigenvalue weighted by molar-refractivity contribution is 9.09. The lowest BCUT2D eigenvalue weighted by Crippen LogP contribution is -2.14. The molecule has 0 radical (unpaired) electrons. The van der Waals surface area contributed by atoms with Crippen molar-refractivity contribution in [3.63, 3.8) is 0 Å². The number of nitrogens with one attached hydrogen (secondary N) is 1. The standard InChI is InChI=1S/C8H15N.C5H9Br.C3H7N/c1-3-5-6-8-9-7-4-2;1-2-3-4-5-6;1-2-3-4/h3-4,9H,1-2,5-8H2;2H,1,3-5H2;2H,1,3-4H2. The van der Waals surface area contributed by atoms with E-state index in [0.717, 1.165) is 31.3 Å². The monoisotopic (exact) mass is 330 g/mol. The number of halogens is 1. The first kappa shape index (κ1) is 23.5. The van der Waals surface area contributed by atoms with Gasteiger partial charge in [-0.25, -0.2) is 0 Å². The van der Waals surface area contributed by atoms with Crippen molar-refractivity contribution in [3.8, 4) is 0 Å². The summed E-state index contributed by atoms with van der Waals surface area (Å²) >= 11 is 3.30. The van der Waals surface area contributed by atoms with Crippen molar-refractivity contribution in [1.29, 1.82) is 0 Å². The third kappa shape index (κ3) is 46.7. The van der Waals surface area contributed by atoms with Crippen LogP contribution in [-0.4, -0.2) is 25.0 Å². The minimum absolute atomic E-state index is 0.583. The van der Waals surface area contributed by atoms with Gasteiger partial charge in [-0.15, -0.1) is 26.3 Å². The molecule has 112 valence electrons. The maximum Gasteiger partial charge on any atom is 0.0132 e. The zero-order valence-electron chi connectivity index (χ0n) is 12.2. The number of hydrogen-bond acceptors (Lipinski definition) is 2. The van der Waals surface area contributed by atoms with Crippen molar-refractivity contribution in [2.24, 2.45) is 5.73 Å². The van der Waals surface area contributed by atoms with E-state index in [-0.39, 0.29) is 0 Å². The number of hydrogen-bond donors (Lipinski definition) is 2. The first-order valence-corrected chi connectivity index (χ1v) is 7.77. The second kappa shape index (κ2) is 30.4. The second-order valence-electron chi connectivity index (χ2n) is 3.57. The van der Waals surface area contributed by atoms with E-state index in [1.807, 2.05) is 18.2 Å². The quantitative estimate of drug-likeness (QED) is 0.358. The van der Waals surface area contributed by atoms with Crippen LogP contribution in [0.4, 0.5) is 0 Å². The highest BCUT2D eigenvalue weighted by Crippen LogP contribution is 1.92. The van der Waals surface area contributed by atoms with E-state index in [2.05, 4.69) is 47.6 Å². The first-order chi connectivity index (χ1) is 9.24. The van der Waals surface area contributed by atoms with Crippen LogP contribution >= 0.6 is 15.9 Å². The van der Waals surface area contributed by atoms with E-state index >= 15 is 0 Å². The van der Waals surface area contributed by atoms with Crippen LogP contribution in [0.2, 0.25) is 0 Å². The maximum atomic E-state index is 4.91. The van der Waals surface area contributed by atoms with Gasteiger partial charge in [0.1, 0.15) is 0 Å². The first-order valence-electron chi connectivity index (χ1n) is 6.65. The lowest BCUT2D eigenvalue weighted by molar-refractivity contribution is 0.701. The molecule has 0 aromatic carbocycles. The molecule has 0 amide bonds. The number of allylic oxidation sites excluding steroid dienone is 2. The molecule has 3 N–H and O–H groups in total. The third-order valence-corrected chi connectivity index (χ3v) is 2.32. The minimum atomic E-state index is 0.583. The molecule has 0 aliphatic carbocycles. The lowest BCUT2D eigenvalue weighted by atomic mass is 10.3. The Morgan fingerprint density at radius 2 is 1.42 bits per heavy atom. The van der Waals surface area contributed by atoms with Crippen molar-refractivity contribution in [2.75, 3.05) is 25.0 Å². The predicted molar refractivity (Wildman–Crippen MR) is 95.0 cm³/mol. The van der Waals surface area contributed by atoms with Crippen LogP contribution in [0.25, 0.3) is 0 Å². The summed E-state index contributed by atoms with van der Waals surface area (Å²) in [4.78, 5) is 0. The molecule has 0 aliphatic rings. The smallest absolute Gasteiger partial charge is 0.0132 e. The highest BCUT2D eigenvalue weighted by atomic mass is 79.9. The molecule has 19 heavy (non-hydrogen) atoms. The SMILES string of the molecule is C=CCCCBr.C=CCCCNCC=C.C=CCN. The normalized spacial score (nSPS) is 8.11. The zero-order valence-corrected chi connectivity index (χ0v) is 13.8. The van der Waals surface area contributed by atoms with Crippen molar-refractivity contribution >= 4 is 15.9 Å². The largest absolute Gasteiger partial charge is 0.327 e. The molecule has 0 atom stereocenters. The number of unbranched alkanes of at least 4 members (excludes halogenated alkanes) is 2. The molecule has 0 fully saturated rings. The van der Waals surface area contributed by atoms with Gasteiger partial charge in [-0.3, -0.25) is 0 Å². The predicted octanol–water partition coefficient (Wildman–Crippen LogP) is 4.21. The van der Waals surface area contributed by atoms with Crippen LogP contribution in [0.15, 0.2) is 50.6 Å². The third-order valence-electron chi connectivity index (χ3n) is 1.76. The van der Waals surface area contributed by atoms with Crippen LogP contribution < -0.4 is 11.1 Å². The summed E-state index contributed by atoms with van der Waals surface area (Å²) in [7, 11) is 0. The summed E-state index contributed by atoms with van der Waals surface area (Å²) in [5.74, 6) is 0. The molecule has 0 aromatic heterocycles. The minimum Gasteiger partial charge on any atom is -0.327 e. The molecule has 0 rings (SSSR count). The Labute approximate surface area is 128 Å². The summed E-state index contributed by atoms with van der Waals surface area (Å²) in [6.45, 7) is 16.7. The van der Waals surface area contributed by atoms with Crippen molar-refractivity contribution in [2.45, 2.75) is 25.7 Å². The molecule has 0 unspecified atom stereocenters. The summed E-state index contributed by atoms with van der Waals surface area (Å²) in [6, 6.07) is 0. The van der Waals surface area contributed by atoms with E-state index in [1.54, 1.807) is 6.08 Å². The Bertz CT molecular complexity index is 181. The van der Waals surface area contributed by atoms with Gasteiger partial charge in [0.2, 0.25) is 0 Å². The molecular formula is C16H31BrN2. The molecule has 2 nitrogen and oxygen atoms in total. The van der Waals surface area contributed by atoms with E-state index in [0.29, 0.717) is 6.54 Å². The van der Waals surface area contributed by atoms with Gasteiger partial charge >= 0.3 is 0 Å². The molecule has 0 saturated heterocycles. The number of nitrogens with two attached hydrogens (primary N) is 1. The maximum absolute atomic E-state index is 4.91. The fourth-order valence-corrected chi connectivity index (χ4v) is 1.12. The van der Waals surface area contributed by atoms with Gasteiger partial charge in [-0.1, -0.05) is 40.2 Å². The van der Waals surface area contributed by atoms with Gasteiger partial charge in [0, 0.05) is 18.4 Å². The van der Waals surface area contributed by atoms with Gasteiger partial charge in [-0.2, -0.15) is 0 Å². The van der Waals surface area contributed by atoms with Crippen LogP contribution in [-0.2, 0) is 0 Å². The molecular weight excluding hydrogens is 300 g/mol. The second-order valence-corrected chi connectivity index (χ2v) is 4.36. The molecule has 0 aliphatic heterocycles. The van der Waals surface area contributed by atoms with Gasteiger partial charge in [0.25, 0.3) is 0 Å². The Morgan fingerprint density at radius 1 is 0.895 bits per heavy atom. The summed E-state index contributed by atoms with van der Waals surface area (Å²) in [6.07, 6.45) is 12.0. The Morgan fingerprint density at radius 3 is 1.74 bits per heavy atom. The van der Waals surface area contributed by atoms with E-state index in [9.17, 15) is 0 Å². The molecule has 0 bridgehead atoms. The van der Waals surface area contributed by atoms with Gasteiger partial charge in [0.05, 0.1) is 0 Å². The fourth-order valence-electron chi connectivity index (χ4n) is 0.797. The Hall–Kier alpha value is -0.640. The number of rotatable bonds is 10. The van der Waals surface area contributed by atoms with Crippen molar-refractivity contribution in [3.05, 3.63) is 50.6 Å². The van der Waals surface area contributed by atoms with Crippen LogP contribution in [0.5, 0.6) is 0 Å². The van der Waals surface area contributed by atoms with Gasteiger partial charge < -0.3 is 11.1 Å². The van der Waals surface area contributed by atoms with Gasteiger partial charge in [0.15, 0.2) is 0 Å². The zero-order chi connectivity index (χ0) is 15.2. The van der Waals surface area contributed by atoms with E-state index in [4.69, 9.17) is 5.73 Å². The Balaban J connectivity index is -0.000000222. The summed E-state index contributed by atoms with van der Waals surface area (Å²) in [5, 5.41) is 4.30. The molecule has 0 saturated carbocycles. The summed E-state index contributed by atoms with van der Waals surface area (Å²) in [5.41, 5.74) is 4.91. The summed E-state index contributed by atoms with van der Waals surface area (Å²) < 4.78 is 0.